The predicted molar refractivity (Wildman–Crippen MR) is 87.4 cm³/mol. The smallest absolute Gasteiger partial charge is 0.253 e. The molecule has 1 amide bonds. The lowest BCUT2D eigenvalue weighted by Gasteiger charge is -2.37. The van der Waals surface area contributed by atoms with Gasteiger partial charge in [0, 0.05) is 18.7 Å². The number of piperidine rings is 1. The number of aryl methyl sites for hydroxylation is 1. The number of ether oxygens (including phenoxy) is 1. The Kier molecular flexibility index (Phi) is 4.13. The number of hydrogen-bond donors (Lipinski definition) is 0. The normalized spacial score (nSPS) is 21.3. The highest BCUT2D eigenvalue weighted by Crippen LogP contribution is 2.40. The highest BCUT2D eigenvalue weighted by Gasteiger charge is 2.41. The van der Waals surface area contributed by atoms with Crippen molar-refractivity contribution in [3.63, 3.8) is 0 Å². The van der Waals surface area contributed by atoms with E-state index in [0.29, 0.717) is 5.41 Å². The van der Waals surface area contributed by atoms with E-state index in [4.69, 9.17) is 4.74 Å². The minimum absolute atomic E-state index is 0.168. The highest BCUT2D eigenvalue weighted by molar-refractivity contribution is 5.94. The molecule has 0 radical (unpaired) electrons. The van der Waals surface area contributed by atoms with E-state index < -0.39 is 0 Å². The summed E-state index contributed by atoms with van der Waals surface area (Å²) >= 11 is 0. The van der Waals surface area contributed by atoms with Crippen LogP contribution in [0.25, 0.3) is 0 Å². The van der Waals surface area contributed by atoms with Crippen LogP contribution in [0.4, 0.5) is 0 Å². The van der Waals surface area contributed by atoms with Crippen LogP contribution in [0.1, 0.15) is 35.2 Å². The van der Waals surface area contributed by atoms with Crippen LogP contribution in [-0.2, 0) is 0 Å². The van der Waals surface area contributed by atoms with Crippen molar-refractivity contribution < 1.29 is 9.53 Å². The number of carbonyl (C=O) groups is 1. The van der Waals surface area contributed by atoms with Gasteiger partial charge in [-0.2, -0.15) is 0 Å². The summed E-state index contributed by atoms with van der Waals surface area (Å²) < 4.78 is 5.28. The fourth-order valence-electron chi connectivity index (χ4n) is 3.80. The summed E-state index contributed by atoms with van der Waals surface area (Å²) in [5.74, 6) is 1.01. The van der Waals surface area contributed by atoms with Gasteiger partial charge in [0.1, 0.15) is 5.75 Å². The van der Waals surface area contributed by atoms with Gasteiger partial charge in [0.15, 0.2) is 0 Å². The summed E-state index contributed by atoms with van der Waals surface area (Å²) in [6.07, 6.45) is 3.59. The fraction of sp³-hybridized carbons (Fsp3) is 0.611. The molecule has 3 rings (SSSR count). The van der Waals surface area contributed by atoms with Crippen LogP contribution in [0.3, 0.4) is 0 Å². The van der Waals surface area contributed by atoms with Gasteiger partial charge in [0.25, 0.3) is 5.91 Å². The molecule has 0 unspecified atom stereocenters. The van der Waals surface area contributed by atoms with Crippen molar-refractivity contribution in [3.05, 3.63) is 29.3 Å². The lowest BCUT2D eigenvalue weighted by atomic mass is 9.78. The zero-order valence-corrected chi connectivity index (χ0v) is 13.9. The minimum atomic E-state index is 0.168. The Morgan fingerprint density at radius 3 is 2.50 bits per heavy atom. The molecule has 2 aliphatic heterocycles. The van der Waals surface area contributed by atoms with E-state index in [0.717, 1.165) is 49.5 Å². The maximum absolute atomic E-state index is 12.8. The summed E-state index contributed by atoms with van der Waals surface area (Å²) in [6.45, 7) is 6.11. The molecule has 0 aromatic heterocycles. The summed E-state index contributed by atoms with van der Waals surface area (Å²) in [7, 11) is 3.85. The molecule has 0 saturated carbocycles. The zero-order chi connectivity index (χ0) is 15.7. The second kappa shape index (κ2) is 5.92. The third kappa shape index (κ3) is 2.84. The van der Waals surface area contributed by atoms with Crippen LogP contribution >= 0.6 is 0 Å². The van der Waals surface area contributed by atoms with Crippen molar-refractivity contribution in [2.75, 3.05) is 40.3 Å². The molecule has 0 aliphatic carbocycles. The Hall–Kier alpha value is -1.55. The number of benzene rings is 1. The molecule has 0 N–H and O–H groups in total. The largest absolute Gasteiger partial charge is 0.496 e. The van der Waals surface area contributed by atoms with Crippen molar-refractivity contribution in [3.8, 4) is 5.75 Å². The minimum Gasteiger partial charge on any atom is -0.496 e. The first-order valence-electron chi connectivity index (χ1n) is 8.15. The molecular formula is C18H26N2O2. The molecule has 1 spiro atoms. The van der Waals surface area contributed by atoms with E-state index >= 15 is 0 Å². The van der Waals surface area contributed by atoms with E-state index in [2.05, 4.69) is 11.9 Å². The van der Waals surface area contributed by atoms with Gasteiger partial charge in [-0.3, -0.25) is 4.79 Å². The molecule has 2 heterocycles. The van der Waals surface area contributed by atoms with Gasteiger partial charge in [0.05, 0.1) is 7.11 Å². The van der Waals surface area contributed by atoms with Crippen LogP contribution in [0, 0.1) is 12.3 Å². The van der Waals surface area contributed by atoms with Crippen LogP contribution in [-0.4, -0.2) is 56.0 Å². The van der Waals surface area contributed by atoms with Crippen molar-refractivity contribution in [2.24, 2.45) is 5.41 Å². The fourth-order valence-corrected chi connectivity index (χ4v) is 3.80. The molecule has 1 aromatic rings. The van der Waals surface area contributed by atoms with Crippen molar-refractivity contribution >= 4 is 5.91 Å². The molecule has 4 nitrogen and oxygen atoms in total. The van der Waals surface area contributed by atoms with Crippen LogP contribution in [0.5, 0.6) is 5.75 Å². The summed E-state index contributed by atoms with van der Waals surface area (Å²) in [5.41, 5.74) is 2.16. The van der Waals surface area contributed by atoms with Gasteiger partial charge in [-0.1, -0.05) is 0 Å². The number of carbonyl (C=O) groups excluding carboxylic acids is 1. The first kappa shape index (κ1) is 15.3. The van der Waals surface area contributed by atoms with Crippen molar-refractivity contribution in [1.82, 2.24) is 9.80 Å². The van der Waals surface area contributed by atoms with Gasteiger partial charge >= 0.3 is 0 Å². The highest BCUT2D eigenvalue weighted by atomic mass is 16.5. The Labute approximate surface area is 133 Å². The van der Waals surface area contributed by atoms with E-state index in [-0.39, 0.29) is 5.91 Å². The topological polar surface area (TPSA) is 32.8 Å². The first-order valence-corrected chi connectivity index (χ1v) is 8.15. The SMILES string of the molecule is COc1ccc(C(=O)N2CCC3(CCN(C)CC3)C2)cc1C. The summed E-state index contributed by atoms with van der Waals surface area (Å²) in [5, 5.41) is 0. The third-order valence-electron chi connectivity index (χ3n) is 5.42. The number of hydrogen-bond acceptors (Lipinski definition) is 3. The molecule has 4 heteroatoms. The van der Waals surface area contributed by atoms with Gasteiger partial charge in [0.2, 0.25) is 0 Å². The molecule has 0 atom stereocenters. The van der Waals surface area contributed by atoms with Crippen LogP contribution in [0.2, 0.25) is 0 Å². The zero-order valence-electron chi connectivity index (χ0n) is 13.9. The first-order chi connectivity index (χ1) is 10.5. The number of likely N-dealkylation sites (tertiary alicyclic amines) is 2. The van der Waals surface area contributed by atoms with Gasteiger partial charge in [-0.15, -0.1) is 0 Å². The standard InChI is InChI=1S/C18H26N2O2/c1-14-12-15(4-5-16(14)22-3)17(21)20-11-8-18(13-20)6-9-19(2)10-7-18/h4-5,12H,6-11,13H2,1-3H3. The van der Waals surface area contributed by atoms with Crippen molar-refractivity contribution in [2.45, 2.75) is 26.2 Å². The average Bonchev–Trinajstić information content (AvgIpc) is 2.94. The van der Waals surface area contributed by atoms with E-state index in [1.165, 1.54) is 12.8 Å². The summed E-state index contributed by atoms with van der Waals surface area (Å²) in [4.78, 5) is 17.2. The van der Waals surface area contributed by atoms with E-state index in [1.807, 2.05) is 30.0 Å². The lowest BCUT2D eigenvalue weighted by Crippen LogP contribution is -2.40. The van der Waals surface area contributed by atoms with Crippen LogP contribution in [0.15, 0.2) is 18.2 Å². The van der Waals surface area contributed by atoms with Crippen LogP contribution < -0.4 is 4.74 Å². The molecule has 0 bridgehead atoms. The maximum atomic E-state index is 12.8. The maximum Gasteiger partial charge on any atom is 0.253 e. The molecule has 1 aromatic carbocycles. The lowest BCUT2D eigenvalue weighted by molar-refractivity contribution is 0.0736. The molecular weight excluding hydrogens is 276 g/mol. The number of rotatable bonds is 2. The van der Waals surface area contributed by atoms with E-state index in [9.17, 15) is 4.79 Å². The molecule has 2 aliphatic rings. The number of amides is 1. The van der Waals surface area contributed by atoms with Gasteiger partial charge in [-0.25, -0.2) is 0 Å². The predicted octanol–water partition coefficient (Wildman–Crippen LogP) is 2.56. The Morgan fingerprint density at radius 1 is 1.18 bits per heavy atom. The second-order valence-corrected chi connectivity index (χ2v) is 6.96. The van der Waals surface area contributed by atoms with Gasteiger partial charge in [-0.05, 0) is 75.5 Å². The van der Waals surface area contributed by atoms with Gasteiger partial charge < -0.3 is 14.5 Å². The monoisotopic (exact) mass is 302 g/mol. The molecule has 22 heavy (non-hydrogen) atoms. The third-order valence-corrected chi connectivity index (χ3v) is 5.42. The Morgan fingerprint density at radius 2 is 1.86 bits per heavy atom. The number of methoxy groups -OCH3 is 1. The summed E-state index contributed by atoms with van der Waals surface area (Å²) in [6, 6.07) is 5.72. The quantitative estimate of drug-likeness (QED) is 0.842. The molecule has 2 fully saturated rings. The van der Waals surface area contributed by atoms with Crippen molar-refractivity contribution in [1.29, 1.82) is 0 Å². The van der Waals surface area contributed by atoms with E-state index in [1.54, 1.807) is 7.11 Å². The average molecular weight is 302 g/mol. The Bertz CT molecular complexity index is 562. The molecule has 2 saturated heterocycles. The second-order valence-electron chi connectivity index (χ2n) is 6.96. The molecule has 120 valence electrons. The Balaban J connectivity index is 1.70. The number of nitrogens with zero attached hydrogens (tertiary/aromatic N) is 2.